The first kappa shape index (κ1) is 12.1. The third-order valence-electron chi connectivity index (χ3n) is 3.44. The minimum atomic E-state index is -0.143. The van der Waals surface area contributed by atoms with Crippen LogP contribution in [0.25, 0.3) is 0 Å². The van der Waals surface area contributed by atoms with E-state index >= 15 is 0 Å². The zero-order valence-electron chi connectivity index (χ0n) is 10.2. The molecule has 0 saturated heterocycles. The van der Waals surface area contributed by atoms with Crippen LogP contribution < -0.4 is 5.73 Å². The molecule has 0 aliphatic heterocycles. The quantitative estimate of drug-likeness (QED) is 0.807. The molecule has 0 saturated carbocycles. The molecule has 1 aromatic rings. The summed E-state index contributed by atoms with van der Waals surface area (Å²) in [6.07, 6.45) is 4.27. The van der Waals surface area contributed by atoms with E-state index in [2.05, 4.69) is 22.9 Å². The Morgan fingerprint density at radius 1 is 1.53 bits per heavy atom. The molecule has 2 N–H and O–H groups in total. The predicted octanol–water partition coefficient (Wildman–Crippen LogP) is 1.61. The van der Waals surface area contributed by atoms with Crippen LogP contribution in [0.2, 0.25) is 0 Å². The van der Waals surface area contributed by atoms with Gasteiger partial charge >= 0.3 is 5.97 Å². The van der Waals surface area contributed by atoms with Gasteiger partial charge in [0.25, 0.3) is 0 Å². The van der Waals surface area contributed by atoms with Gasteiger partial charge in [-0.2, -0.15) is 0 Å². The van der Waals surface area contributed by atoms with Crippen molar-refractivity contribution in [2.24, 2.45) is 5.73 Å². The maximum absolute atomic E-state index is 11.2. The van der Waals surface area contributed by atoms with E-state index in [0.29, 0.717) is 12.5 Å². The summed E-state index contributed by atoms with van der Waals surface area (Å²) in [5, 5.41) is 0. The second-order valence-corrected chi connectivity index (χ2v) is 4.63. The molecule has 3 heteroatoms. The summed E-state index contributed by atoms with van der Waals surface area (Å²) in [6, 6.07) is 6.61. The number of fused-ring (bicyclic) bond motifs is 1. The molecule has 1 aliphatic rings. The van der Waals surface area contributed by atoms with Crippen molar-refractivity contribution in [3.8, 4) is 0 Å². The molecule has 1 aromatic carbocycles. The normalized spacial score (nSPS) is 18.6. The number of hydrogen-bond acceptors (Lipinski definition) is 3. The smallest absolute Gasteiger partial charge is 0.305 e. The minimum absolute atomic E-state index is 0.143. The summed E-state index contributed by atoms with van der Waals surface area (Å²) in [4.78, 5) is 11.2. The summed E-state index contributed by atoms with van der Waals surface area (Å²) in [6.45, 7) is 0. The van der Waals surface area contributed by atoms with E-state index in [1.165, 1.54) is 23.8 Å². The number of hydrogen-bond donors (Lipinski definition) is 1. The van der Waals surface area contributed by atoms with Crippen molar-refractivity contribution in [1.82, 2.24) is 0 Å². The minimum Gasteiger partial charge on any atom is -0.469 e. The van der Waals surface area contributed by atoms with Crippen LogP contribution in [0.1, 0.15) is 29.5 Å². The number of esters is 1. The molecule has 1 unspecified atom stereocenters. The number of methoxy groups -OCH3 is 1. The van der Waals surface area contributed by atoms with Gasteiger partial charge in [-0.1, -0.05) is 18.2 Å². The molecular weight excluding hydrogens is 214 g/mol. The Hall–Kier alpha value is -1.35. The van der Waals surface area contributed by atoms with Crippen LogP contribution in [0.5, 0.6) is 0 Å². The molecule has 1 aliphatic carbocycles. The van der Waals surface area contributed by atoms with Crippen LogP contribution in [0.3, 0.4) is 0 Å². The highest BCUT2D eigenvalue weighted by Gasteiger charge is 2.18. The highest BCUT2D eigenvalue weighted by Crippen LogP contribution is 2.24. The van der Waals surface area contributed by atoms with E-state index in [0.717, 1.165) is 25.7 Å². The maximum Gasteiger partial charge on any atom is 0.305 e. The number of aryl methyl sites for hydroxylation is 1. The number of carbonyl (C=O) groups excluding carboxylic acids is 1. The third-order valence-corrected chi connectivity index (χ3v) is 3.44. The molecule has 0 fully saturated rings. The molecule has 2 rings (SSSR count). The van der Waals surface area contributed by atoms with Gasteiger partial charge in [0, 0.05) is 12.5 Å². The van der Waals surface area contributed by atoms with Crippen molar-refractivity contribution in [2.45, 2.75) is 38.1 Å². The number of ether oxygens (including phenoxy) is 1. The van der Waals surface area contributed by atoms with E-state index in [1.54, 1.807) is 0 Å². The van der Waals surface area contributed by atoms with Gasteiger partial charge in [-0.15, -0.1) is 0 Å². The Labute approximate surface area is 102 Å². The fourth-order valence-electron chi connectivity index (χ4n) is 2.49. The lowest BCUT2D eigenvalue weighted by Gasteiger charge is -2.23. The Balaban J connectivity index is 2.13. The van der Waals surface area contributed by atoms with E-state index in [1.807, 2.05) is 0 Å². The molecule has 0 aromatic heterocycles. The second kappa shape index (κ2) is 5.32. The highest BCUT2D eigenvalue weighted by molar-refractivity contribution is 5.69. The number of benzene rings is 1. The lowest BCUT2D eigenvalue weighted by Crippen LogP contribution is -2.28. The van der Waals surface area contributed by atoms with Crippen molar-refractivity contribution < 1.29 is 9.53 Å². The molecule has 3 nitrogen and oxygen atoms in total. The predicted molar refractivity (Wildman–Crippen MR) is 66.8 cm³/mol. The Kier molecular flexibility index (Phi) is 3.79. The third kappa shape index (κ3) is 2.86. The van der Waals surface area contributed by atoms with E-state index in [4.69, 9.17) is 5.73 Å². The second-order valence-electron chi connectivity index (χ2n) is 4.63. The van der Waals surface area contributed by atoms with E-state index < -0.39 is 0 Å². The van der Waals surface area contributed by atoms with E-state index in [9.17, 15) is 4.79 Å². The monoisotopic (exact) mass is 233 g/mol. The summed E-state index contributed by atoms with van der Waals surface area (Å²) in [5.41, 5.74) is 10.0. The molecular formula is C14H19NO2. The van der Waals surface area contributed by atoms with Crippen LogP contribution >= 0.6 is 0 Å². The van der Waals surface area contributed by atoms with Crippen LogP contribution in [0.15, 0.2) is 18.2 Å². The van der Waals surface area contributed by atoms with Crippen molar-refractivity contribution in [1.29, 1.82) is 0 Å². The average Bonchev–Trinajstić information content (AvgIpc) is 2.35. The maximum atomic E-state index is 11.2. The van der Waals surface area contributed by atoms with Crippen molar-refractivity contribution >= 4 is 5.97 Å². The van der Waals surface area contributed by atoms with Gasteiger partial charge in [-0.05, 0) is 42.4 Å². The Morgan fingerprint density at radius 2 is 2.35 bits per heavy atom. The summed E-state index contributed by atoms with van der Waals surface area (Å²) in [5.74, 6) is -0.143. The Morgan fingerprint density at radius 3 is 3.12 bits per heavy atom. The van der Waals surface area contributed by atoms with E-state index in [-0.39, 0.29) is 5.97 Å². The first-order valence-electron chi connectivity index (χ1n) is 6.12. The molecule has 0 spiro atoms. The number of nitrogens with two attached hydrogens (primary N) is 1. The number of rotatable bonds is 3. The lowest BCUT2D eigenvalue weighted by atomic mass is 9.85. The van der Waals surface area contributed by atoms with Gasteiger partial charge in [0.1, 0.15) is 0 Å². The van der Waals surface area contributed by atoms with Crippen LogP contribution in [-0.4, -0.2) is 19.1 Å². The van der Waals surface area contributed by atoms with Gasteiger partial charge in [-0.3, -0.25) is 4.79 Å². The standard InChI is InChI=1S/C14H19NO2/c1-17-14(16)8-5-10-3-2-4-11-9-12(15)6-7-13(10)11/h2-4,12H,5-9,15H2,1H3. The molecule has 17 heavy (non-hydrogen) atoms. The average molecular weight is 233 g/mol. The molecule has 0 heterocycles. The SMILES string of the molecule is COC(=O)CCc1cccc2c1CCC(N)C2. The topological polar surface area (TPSA) is 52.3 Å². The summed E-state index contributed by atoms with van der Waals surface area (Å²) in [7, 11) is 1.43. The van der Waals surface area contributed by atoms with Crippen molar-refractivity contribution in [3.05, 3.63) is 34.9 Å². The fourth-order valence-corrected chi connectivity index (χ4v) is 2.49. The zero-order chi connectivity index (χ0) is 12.3. The van der Waals surface area contributed by atoms with Gasteiger partial charge < -0.3 is 10.5 Å². The molecule has 92 valence electrons. The molecule has 0 amide bonds. The first-order valence-corrected chi connectivity index (χ1v) is 6.12. The van der Waals surface area contributed by atoms with Crippen LogP contribution in [0, 0.1) is 0 Å². The zero-order valence-corrected chi connectivity index (χ0v) is 10.2. The molecule has 0 radical (unpaired) electrons. The largest absolute Gasteiger partial charge is 0.469 e. The number of carbonyl (C=O) groups is 1. The Bertz CT molecular complexity index is 415. The summed E-state index contributed by atoms with van der Waals surface area (Å²) >= 11 is 0. The van der Waals surface area contributed by atoms with Gasteiger partial charge in [0.2, 0.25) is 0 Å². The molecule has 0 bridgehead atoms. The van der Waals surface area contributed by atoms with Gasteiger partial charge in [0.05, 0.1) is 7.11 Å². The summed E-state index contributed by atoms with van der Waals surface area (Å²) < 4.78 is 4.67. The van der Waals surface area contributed by atoms with Crippen molar-refractivity contribution in [3.63, 3.8) is 0 Å². The van der Waals surface area contributed by atoms with Gasteiger partial charge in [-0.25, -0.2) is 0 Å². The fraction of sp³-hybridized carbons (Fsp3) is 0.500. The highest BCUT2D eigenvalue weighted by atomic mass is 16.5. The lowest BCUT2D eigenvalue weighted by molar-refractivity contribution is -0.140. The van der Waals surface area contributed by atoms with Crippen LogP contribution in [0.4, 0.5) is 0 Å². The first-order chi connectivity index (χ1) is 8.20. The van der Waals surface area contributed by atoms with Gasteiger partial charge in [0.15, 0.2) is 0 Å². The van der Waals surface area contributed by atoms with Crippen LogP contribution in [-0.2, 0) is 28.8 Å². The van der Waals surface area contributed by atoms with Crippen molar-refractivity contribution in [2.75, 3.05) is 7.11 Å². The molecule has 1 atom stereocenters.